The van der Waals surface area contributed by atoms with Crippen molar-refractivity contribution in [1.29, 1.82) is 0 Å². The molecule has 98 valence electrons. The van der Waals surface area contributed by atoms with Gasteiger partial charge in [-0.25, -0.2) is 0 Å². The Hall–Kier alpha value is -2.28. The molecule has 0 radical (unpaired) electrons. The lowest BCUT2D eigenvalue weighted by Gasteiger charge is -2.25. The van der Waals surface area contributed by atoms with Crippen molar-refractivity contribution in [1.82, 2.24) is 4.90 Å². The fourth-order valence-electron chi connectivity index (χ4n) is 2.47. The number of fused-ring (bicyclic) bond motifs is 1. The molecule has 0 unspecified atom stereocenters. The van der Waals surface area contributed by atoms with E-state index in [9.17, 15) is 9.59 Å². The molecular formula is C15H16N2O2. The third-order valence-corrected chi connectivity index (χ3v) is 3.29. The summed E-state index contributed by atoms with van der Waals surface area (Å²) in [7, 11) is 0. The summed E-state index contributed by atoms with van der Waals surface area (Å²) >= 11 is 0. The van der Waals surface area contributed by atoms with Crippen molar-refractivity contribution in [3.8, 4) is 11.8 Å². The van der Waals surface area contributed by atoms with E-state index in [0.717, 1.165) is 12.8 Å². The first-order chi connectivity index (χ1) is 9.11. The number of benzene rings is 1. The minimum Gasteiger partial charge on any atom is -0.368 e. The fourth-order valence-corrected chi connectivity index (χ4v) is 2.47. The molecular weight excluding hydrogens is 240 g/mol. The van der Waals surface area contributed by atoms with E-state index in [1.165, 1.54) is 16.0 Å². The van der Waals surface area contributed by atoms with Crippen LogP contribution in [0, 0.1) is 11.8 Å². The van der Waals surface area contributed by atoms with Gasteiger partial charge >= 0.3 is 0 Å². The number of nitrogens with two attached hydrogens (primary N) is 1. The van der Waals surface area contributed by atoms with Crippen LogP contribution < -0.4 is 5.73 Å². The van der Waals surface area contributed by atoms with Gasteiger partial charge < -0.3 is 10.6 Å². The highest BCUT2D eigenvalue weighted by Gasteiger charge is 2.29. The van der Waals surface area contributed by atoms with Crippen LogP contribution in [0.1, 0.15) is 18.1 Å². The third-order valence-electron chi connectivity index (χ3n) is 3.29. The molecule has 0 aromatic heterocycles. The lowest BCUT2D eigenvalue weighted by atomic mass is 10.1. The van der Waals surface area contributed by atoms with E-state index < -0.39 is 5.91 Å². The Kier molecular flexibility index (Phi) is 3.86. The van der Waals surface area contributed by atoms with Gasteiger partial charge in [0.2, 0.25) is 5.91 Å². The Morgan fingerprint density at radius 1 is 1.32 bits per heavy atom. The van der Waals surface area contributed by atoms with E-state index in [1.54, 1.807) is 6.92 Å². The molecule has 2 amide bonds. The zero-order chi connectivity index (χ0) is 13.8. The van der Waals surface area contributed by atoms with Gasteiger partial charge in [0.25, 0.3) is 5.91 Å². The molecule has 0 heterocycles. The molecule has 4 heteroatoms. The van der Waals surface area contributed by atoms with E-state index in [2.05, 4.69) is 11.8 Å². The zero-order valence-corrected chi connectivity index (χ0v) is 10.8. The Bertz CT molecular complexity index is 544. The van der Waals surface area contributed by atoms with Crippen molar-refractivity contribution in [2.45, 2.75) is 25.8 Å². The van der Waals surface area contributed by atoms with Crippen molar-refractivity contribution in [3.63, 3.8) is 0 Å². The standard InChI is InChI=1S/C15H16N2O2/c1-2-5-15(19)17(10-14(16)18)13-8-11-6-3-4-7-12(11)9-13/h3-4,6-7,13H,8-10H2,1H3,(H2,16,18). The van der Waals surface area contributed by atoms with Gasteiger partial charge in [0.15, 0.2) is 0 Å². The average molecular weight is 256 g/mol. The predicted molar refractivity (Wildman–Crippen MR) is 72.0 cm³/mol. The highest BCUT2D eigenvalue weighted by atomic mass is 16.2. The topological polar surface area (TPSA) is 63.4 Å². The summed E-state index contributed by atoms with van der Waals surface area (Å²) in [6.45, 7) is 1.52. The van der Waals surface area contributed by atoms with Crippen molar-refractivity contribution < 1.29 is 9.59 Å². The molecule has 1 aliphatic carbocycles. The summed E-state index contributed by atoms with van der Waals surface area (Å²) in [4.78, 5) is 24.6. The Labute approximate surface area is 112 Å². The monoisotopic (exact) mass is 256 g/mol. The van der Waals surface area contributed by atoms with Gasteiger partial charge in [-0.05, 0) is 36.8 Å². The Morgan fingerprint density at radius 3 is 2.37 bits per heavy atom. The smallest absolute Gasteiger partial charge is 0.299 e. The second-order valence-corrected chi connectivity index (χ2v) is 4.61. The molecule has 0 spiro atoms. The lowest BCUT2D eigenvalue weighted by Crippen LogP contribution is -2.45. The number of rotatable bonds is 3. The summed E-state index contributed by atoms with van der Waals surface area (Å²) in [6.07, 6.45) is 1.50. The summed E-state index contributed by atoms with van der Waals surface area (Å²) < 4.78 is 0. The van der Waals surface area contributed by atoms with Crippen LogP contribution in [0.3, 0.4) is 0 Å². The van der Waals surface area contributed by atoms with Crippen molar-refractivity contribution in [2.75, 3.05) is 6.54 Å². The van der Waals surface area contributed by atoms with Gasteiger partial charge in [-0.1, -0.05) is 30.2 Å². The van der Waals surface area contributed by atoms with Crippen LogP contribution in [0.5, 0.6) is 0 Å². The molecule has 0 saturated heterocycles. The first-order valence-corrected chi connectivity index (χ1v) is 6.20. The summed E-state index contributed by atoms with van der Waals surface area (Å²) in [6, 6.07) is 8.03. The Morgan fingerprint density at radius 2 is 1.89 bits per heavy atom. The molecule has 0 bridgehead atoms. The minimum atomic E-state index is -0.512. The maximum Gasteiger partial charge on any atom is 0.299 e. The van der Waals surface area contributed by atoms with Crippen LogP contribution in [-0.4, -0.2) is 29.3 Å². The highest BCUT2D eigenvalue weighted by molar-refractivity contribution is 5.96. The average Bonchev–Trinajstić information content (AvgIpc) is 2.79. The lowest BCUT2D eigenvalue weighted by molar-refractivity contribution is -0.132. The van der Waals surface area contributed by atoms with Crippen LogP contribution in [0.15, 0.2) is 24.3 Å². The minimum absolute atomic E-state index is 0.0294. The van der Waals surface area contributed by atoms with E-state index in [1.807, 2.05) is 24.3 Å². The zero-order valence-electron chi connectivity index (χ0n) is 10.8. The molecule has 0 aliphatic heterocycles. The van der Waals surface area contributed by atoms with E-state index in [0.29, 0.717) is 0 Å². The van der Waals surface area contributed by atoms with Gasteiger partial charge in [0.1, 0.15) is 6.54 Å². The first kappa shape index (κ1) is 13.2. The van der Waals surface area contributed by atoms with Gasteiger partial charge in [0, 0.05) is 6.04 Å². The maximum absolute atomic E-state index is 12.0. The molecule has 4 nitrogen and oxygen atoms in total. The largest absolute Gasteiger partial charge is 0.368 e. The van der Waals surface area contributed by atoms with Gasteiger partial charge in [-0.15, -0.1) is 0 Å². The number of nitrogens with zero attached hydrogens (tertiary/aromatic N) is 1. The van der Waals surface area contributed by atoms with E-state index in [4.69, 9.17) is 5.73 Å². The van der Waals surface area contributed by atoms with E-state index >= 15 is 0 Å². The number of amides is 2. The second-order valence-electron chi connectivity index (χ2n) is 4.61. The maximum atomic E-state index is 12.0. The summed E-state index contributed by atoms with van der Waals surface area (Å²) in [5.41, 5.74) is 7.66. The van der Waals surface area contributed by atoms with Crippen molar-refractivity contribution >= 4 is 11.8 Å². The number of hydrogen-bond acceptors (Lipinski definition) is 2. The van der Waals surface area contributed by atoms with Crippen molar-refractivity contribution in [3.05, 3.63) is 35.4 Å². The first-order valence-electron chi connectivity index (χ1n) is 6.20. The molecule has 0 fully saturated rings. The second kappa shape index (κ2) is 5.57. The molecule has 1 aliphatic rings. The van der Waals surface area contributed by atoms with E-state index in [-0.39, 0.29) is 18.5 Å². The van der Waals surface area contributed by atoms with Gasteiger partial charge in [0.05, 0.1) is 0 Å². The number of carbonyl (C=O) groups excluding carboxylic acids is 2. The molecule has 2 rings (SSSR count). The van der Waals surface area contributed by atoms with Crippen LogP contribution in [0.2, 0.25) is 0 Å². The van der Waals surface area contributed by atoms with Crippen molar-refractivity contribution in [2.24, 2.45) is 5.73 Å². The Balaban J connectivity index is 2.19. The number of primary amides is 1. The van der Waals surface area contributed by atoms with Crippen LogP contribution >= 0.6 is 0 Å². The molecule has 0 atom stereocenters. The molecule has 19 heavy (non-hydrogen) atoms. The van der Waals surface area contributed by atoms with Crippen LogP contribution in [0.4, 0.5) is 0 Å². The van der Waals surface area contributed by atoms with Crippen LogP contribution in [-0.2, 0) is 22.4 Å². The quantitative estimate of drug-likeness (QED) is 0.800. The molecule has 1 aromatic rings. The molecule has 2 N–H and O–H groups in total. The molecule has 1 aromatic carbocycles. The molecule has 0 saturated carbocycles. The summed E-state index contributed by atoms with van der Waals surface area (Å²) in [5.74, 6) is 4.21. The van der Waals surface area contributed by atoms with Gasteiger partial charge in [-0.3, -0.25) is 9.59 Å². The van der Waals surface area contributed by atoms with Gasteiger partial charge in [-0.2, -0.15) is 0 Å². The predicted octanol–water partition coefficient (Wildman–Crippen LogP) is 0.491. The number of carbonyl (C=O) groups is 2. The number of hydrogen-bond donors (Lipinski definition) is 1. The van der Waals surface area contributed by atoms with Crippen LogP contribution in [0.25, 0.3) is 0 Å². The summed E-state index contributed by atoms with van der Waals surface area (Å²) in [5, 5.41) is 0. The fraction of sp³-hybridized carbons (Fsp3) is 0.333. The SMILES string of the molecule is CC#CC(=O)N(CC(N)=O)C1Cc2ccccc2C1. The highest BCUT2D eigenvalue weighted by Crippen LogP contribution is 2.25. The normalized spacial score (nSPS) is 13.3. The third kappa shape index (κ3) is 2.94.